The number of benzene rings is 1. The maximum Gasteiger partial charge on any atom is 0.253 e. The molecular weight excluding hydrogens is 305 g/mol. The maximum absolute atomic E-state index is 12.2. The minimum absolute atomic E-state index is 0.0277. The quantitative estimate of drug-likeness (QED) is 0.865. The zero-order chi connectivity index (χ0) is 12.4. The lowest BCUT2D eigenvalue weighted by Crippen LogP contribution is -2.40. The van der Waals surface area contributed by atoms with Crippen molar-refractivity contribution in [1.29, 1.82) is 0 Å². The Morgan fingerprint density at radius 1 is 1.35 bits per heavy atom. The number of likely N-dealkylation sites (tertiary alicyclic amines) is 1. The van der Waals surface area contributed by atoms with Crippen LogP contribution in [0.15, 0.2) is 22.7 Å². The molecule has 1 heterocycles. The predicted molar refractivity (Wildman–Crippen MR) is 70.3 cm³/mol. The molecule has 0 aliphatic carbocycles. The Kier molecular flexibility index (Phi) is 4.07. The normalized spacial score (nSPS) is 17.2. The standard InChI is InChI=1S/C12H13BrClNO2/c13-9-5-8(6-10(14)7-9)12(17)15-3-1-11(16)2-4-15/h5-7,11,16H,1-4H2. The van der Waals surface area contributed by atoms with Crippen LogP contribution in [0.2, 0.25) is 5.02 Å². The van der Waals surface area contributed by atoms with Crippen molar-refractivity contribution in [3.05, 3.63) is 33.3 Å². The van der Waals surface area contributed by atoms with Gasteiger partial charge in [-0.3, -0.25) is 4.79 Å². The number of piperidine rings is 1. The number of carbonyl (C=O) groups excluding carboxylic acids is 1. The molecule has 0 aromatic heterocycles. The molecule has 5 heteroatoms. The van der Waals surface area contributed by atoms with Crippen LogP contribution >= 0.6 is 27.5 Å². The van der Waals surface area contributed by atoms with Crippen LogP contribution < -0.4 is 0 Å². The van der Waals surface area contributed by atoms with Crippen LogP contribution in [0.25, 0.3) is 0 Å². The summed E-state index contributed by atoms with van der Waals surface area (Å²) in [7, 11) is 0. The molecule has 1 aliphatic rings. The number of nitrogens with zero attached hydrogens (tertiary/aromatic N) is 1. The number of carbonyl (C=O) groups is 1. The van der Waals surface area contributed by atoms with Gasteiger partial charge in [-0.15, -0.1) is 0 Å². The third-order valence-corrected chi connectivity index (χ3v) is 3.54. The highest BCUT2D eigenvalue weighted by Gasteiger charge is 2.22. The Labute approximate surface area is 114 Å². The molecule has 1 aliphatic heterocycles. The molecule has 0 unspecified atom stereocenters. The van der Waals surface area contributed by atoms with E-state index in [1.54, 1.807) is 23.1 Å². The van der Waals surface area contributed by atoms with Crippen molar-refractivity contribution in [2.24, 2.45) is 0 Å². The van der Waals surface area contributed by atoms with Crippen molar-refractivity contribution >= 4 is 33.4 Å². The summed E-state index contributed by atoms with van der Waals surface area (Å²) in [6.07, 6.45) is 1.02. The molecule has 2 rings (SSSR count). The van der Waals surface area contributed by atoms with Gasteiger partial charge in [0, 0.05) is 28.1 Å². The van der Waals surface area contributed by atoms with Crippen LogP contribution in [0, 0.1) is 0 Å². The van der Waals surface area contributed by atoms with Crippen LogP contribution in [-0.2, 0) is 0 Å². The van der Waals surface area contributed by atoms with E-state index in [-0.39, 0.29) is 12.0 Å². The average Bonchev–Trinajstić information content (AvgIpc) is 2.28. The molecular formula is C12H13BrClNO2. The van der Waals surface area contributed by atoms with Crippen LogP contribution in [-0.4, -0.2) is 35.1 Å². The molecule has 0 bridgehead atoms. The summed E-state index contributed by atoms with van der Waals surface area (Å²) in [5, 5.41) is 9.94. The molecule has 1 saturated heterocycles. The summed E-state index contributed by atoms with van der Waals surface area (Å²) in [6, 6.07) is 5.18. The van der Waals surface area contributed by atoms with Gasteiger partial charge in [-0.05, 0) is 31.0 Å². The Bertz CT molecular complexity index is 410. The largest absolute Gasteiger partial charge is 0.393 e. The van der Waals surface area contributed by atoms with E-state index in [0.717, 1.165) is 4.47 Å². The fourth-order valence-corrected chi connectivity index (χ4v) is 2.79. The Morgan fingerprint density at radius 2 is 2.00 bits per heavy atom. The lowest BCUT2D eigenvalue weighted by molar-refractivity contribution is 0.0546. The Balaban J connectivity index is 2.14. The van der Waals surface area contributed by atoms with Crippen molar-refractivity contribution < 1.29 is 9.90 Å². The second kappa shape index (κ2) is 5.38. The van der Waals surface area contributed by atoms with Crippen molar-refractivity contribution in [3.63, 3.8) is 0 Å². The molecule has 1 amide bonds. The maximum atomic E-state index is 12.2. The fraction of sp³-hybridized carbons (Fsp3) is 0.417. The average molecular weight is 319 g/mol. The summed E-state index contributed by atoms with van der Waals surface area (Å²) in [5.74, 6) is -0.0277. The number of amides is 1. The molecule has 92 valence electrons. The SMILES string of the molecule is O=C(c1cc(Cl)cc(Br)c1)N1CCC(O)CC1. The highest BCUT2D eigenvalue weighted by molar-refractivity contribution is 9.10. The van der Waals surface area contributed by atoms with E-state index in [4.69, 9.17) is 11.6 Å². The van der Waals surface area contributed by atoms with Crippen molar-refractivity contribution in [3.8, 4) is 0 Å². The smallest absolute Gasteiger partial charge is 0.253 e. The van der Waals surface area contributed by atoms with Crippen LogP contribution in [0.5, 0.6) is 0 Å². The van der Waals surface area contributed by atoms with Gasteiger partial charge in [0.05, 0.1) is 6.10 Å². The fourth-order valence-electron chi connectivity index (χ4n) is 1.93. The van der Waals surface area contributed by atoms with E-state index in [9.17, 15) is 9.90 Å². The minimum atomic E-state index is -0.273. The lowest BCUT2D eigenvalue weighted by Gasteiger charge is -2.29. The Morgan fingerprint density at radius 3 is 2.59 bits per heavy atom. The molecule has 0 spiro atoms. The number of hydrogen-bond donors (Lipinski definition) is 1. The first kappa shape index (κ1) is 12.9. The summed E-state index contributed by atoms with van der Waals surface area (Å²) in [4.78, 5) is 13.9. The third-order valence-electron chi connectivity index (χ3n) is 2.86. The van der Waals surface area contributed by atoms with E-state index >= 15 is 0 Å². The monoisotopic (exact) mass is 317 g/mol. The second-order valence-electron chi connectivity index (χ2n) is 4.18. The molecule has 1 fully saturated rings. The molecule has 1 N–H and O–H groups in total. The molecule has 1 aromatic rings. The van der Waals surface area contributed by atoms with Crippen molar-refractivity contribution in [2.75, 3.05) is 13.1 Å². The number of rotatable bonds is 1. The zero-order valence-electron chi connectivity index (χ0n) is 9.20. The van der Waals surface area contributed by atoms with Crippen LogP contribution in [0.4, 0.5) is 0 Å². The first-order chi connectivity index (χ1) is 8.06. The van der Waals surface area contributed by atoms with Gasteiger partial charge in [0.25, 0.3) is 5.91 Å². The van der Waals surface area contributed by atoms with Gasteiger partial charge in [-0.2, -0.15) is 0 Å². The highest BCUT2D eigenvalue weighted by Crippen LogP contribution is 2.22. The first-order valence-corrected chi connectivity index (χ1v) is 6.67. The summed E-state index contributed by atoms with van der Waals surface area (Å²) >= 11 is 9.24. The molecule has 0 atom stereocenters. The van der Waals surface area contributed by atoms with E-state index < -0.39 is 0 Å². The second-order valence-corrected chi connectivity index (χ2v) is 5.53. The summed E-state index contributed by atoms with van der Waals surface area (Å²) in [5.41, 5.74) is 0.584. The number of halogens is 2. The topological polar surface area (TPSA) is 40.5 Å². The van der Waals surface area contributed by atoms with Crippen LogP contribution in [0.1, 0.15) is 23.2 Å². The van der Waals surface area contributed by atoms with Gasteiger partial charge in [0.2, 0.25) is 0 Å². The molecule has 1 aromatic carbocycles. The highest BCUT2D eigenvalue weighted by atomic mass is 79.9. The van der Waals surface area contributed by atoms with Gasteiger partial charge >= 0.3 is 0 Å². The number of hydrogen-bond acceptors (Lipinski definition) is 2. The first-order valence-electron chi connectivity index (χ1n) is 5.49. The van der Waals surface area contributed by atoms with Gasteiger partial charge in [0.15, 0.2) is 0 Å². The van der Waals surface area contributed by atoms with Crippen LogP contribution in [0.3, 0.4) is 0 Å². The van der Waals surface area contributed by atoms with E-state index in [2.05, 4.69) is 15.9 Å². The van der Waals surface area contributed by atoms with E-state index in [0.29, 0.717) is 36.5 Å². The molecule has 0 radical (unpaired) electrons. The number of aliphatic hydroxyl groups is 1. The number of aliphatic hydroxyl groups excluding tert-OH is 1. The Hall–Kier alpha value is -0.580. The summed E-state index contributed by atoms with van der Waals surface area (Å²) < 4.78 is 0.797. The van der Waals surface area contributed by atoms with E-state index in [1.165, 1.54) is 0 Å². The summed E-state index contributed by atoms with van der Waals surface area (Å²) in [6.45, 7) is 1.20. The lowest BCUT2D eigenvalue weighted by atomic mass is 10.1. The van der Waals surface area contributed by atoms with Gasteiger partial charge in [0.1, 0.15) is 0 Å². The zero-order valence-corrected chi connectivity index (χ0v) is 11.5. The third kappa shape index (κ3) is 3.21. The molecule has 3 nitrogen and oxygen atoms in total. The predicted octanol–water partition coefficient (Wildman–Crippen LogP) is 2.70. The van der Waals surface area contributed by atoms with Gasteiger partial charge in [-0.25, -0.2) is 0 Å². The van der Waals surface area contributed by atoms with Crippen molar-refractivity contribution in [1.82, 2.24) is 4.90 Å². The van der Waals surface area contributed by atoms with Gasteiger partial charge < -0.3 is 10.0 Å². The molecule has 17 heavy (non-hydrogen) atoms. The van der Waals surface area contributed by atoms with Crippen molar-refractivity contribution in [2.45, 2.75) is 18.9 Å². The van der Waals surface area contributed by atoms with Gasteiger partial charge in [-0.1, -0.05) is 27.5 Å². The molecule has 0 saturated carbocycles. The van der Waals surface area contributed by atoms with E-state index in [1.807, 2.05) is 0 Å². The minimum Gasteiger partial charge on any atom is -0.393 e.